The molecule has 0 radical (unpaired) electrons. The highest BCUT2D eigenvalue weighted by molar-refractivity contribution is 6.38. The van der Waals surface area contributed by atoms with Gasteiger partial charge in [-0.25, -0.2) is 19.9 Å². The molecule has 0 amide bonds. The number of aromatic amines is 1. The van der Waals surface area contributed by atoms with Gasteiger partial charge >= 0.3 is 0 Å². The molecular formula is C22H23ClN8O. The quantitative estimate of drug-likeness (QED) is 0.487. The number of nitrogens with two attached hydrogens (primary N) is 1. The van der Waals surface area contributed by atoms with Crippen LogP contribution in [0.4, 0.5) is 5.82 Å². The Morgan fingerprint density at radius 3 is 2.66 bits per heavy atom. The van der Waals surface area contributed by atoms with Gasteiger partial charge in [0.2, 0.25) is 5.88 Å². The lowest BCUT2D eigenvalue weighted by Crippen LogP contribution is -2.48. The molecule has 1 aromatic carbocycles. The number of hydrogen-bond donors (Lipinski definition) is 2. The molecule has 10 heteroatoms. The monoisotopic (exact) mass is 450 g/mol. The average Bonchev–Trinajstić information content (AvgIpc) is 3.31. The van der Waals surface area contributed by atoms with E-state index in [1.54, 1.807) is 13.3 Å². The highest BCUT2D eigenvalue weighted by atomic mass is 35.5. The Morgan fingerprint density at radius 1 is 1.12 bits per heavy atom. The van der Waals surface area contributed by atoms with E-state index in [4.69, 9.17) is 32.0 Å². The van der Waals surface area contributed by atoms with Crippen molar-refractivity contribution >= 4 is 39.6 Å². The summed E-state index contributed by atoms with van der Waals surface area (Å²) in [4.78, 5) is 21.1. The third kappa shape index (κ3) is 2.91. The van der Waals surface area contributed by atoms with Gasteiger partial charge in [-0.05, 0) is 44.7 Å². The first kappa shape index (κ1) is 19.6. The summed E-state index contributed by atoms with van der Waals surface area (Å²) in [5.74, 6) is 1.33. The van der Waals surface area contributed by atoms with Gasteiger partial charge in [-0.15, -0.1) is 0 Å². The molecular weight excluding hydrogens is 428 g/mol. The maximum absolute atomic E-state index is 6.74. The van der Waals surface area contributed by atoms with Gasteiger partial charge < -0.3 is 15.4 Å². The Bertz CT molecular complexity index is 1340. The summed E-state index contributed by atoms with van der Waals surface area (Å²) in [7, 11) is 1.55. The number of nitrogens with one attached hydrogen (secondary N) is 1. The Hall–Kier alpha value is -3.04. The van der Waals surface area contributed by atoms with E-state index in [9.17, 15) is 0 Å². The van der Waals surface area contributed by atoms with Crippen molar-refractivity contribution in [3.63, 3.8) is 0 Å². The molecule has 3 aromatic heterocycles. The zero-order valence-corrected chi connectivity index (χ0v) is 18.6. The summed E-state index contributed by atoms with van der Waals surface area (Å²) in [5, 5.41) is 8.02. The van der Waals surface area contributed by atoms with Crippen molar-refractivity contribution in [2.24, 2.45) is 5.73 Å². The molecule has 2 aliphatic heterocycles. The molecule has 3 N–H and O–H groups in total. The number of methoxy groups -OCH3 is 1. The van der Waals surface area contributed by atoms with Crippen molar-refractivity contribution in [1.29, 1.82) is 0 Å². The largest absolute Gasteiger partial charge is 0.480 e. The van der Waals surface area contributed by atoms with Crippen LogP contribution in [0.25, 0.3) is 33.5 Å². The van der Waals surface area contributed by atoms with Gasteiger partial charge in [0.15, 0.2) is 11.5 Å². The zero-order chi connectivity index (χ0) is 22.0. The lowest BCUT2D eigenvalue weighted by atomic mass is 9.98. The lowest BCUT2D eigenvalue weighted by Gasteiger charge is -2.39. The van der Waals surface area contributed by atoms with Crippen LogP contribution in [0.1, 0.15) is 31.4 Å². The van der Waals surface area contributed by atoms with E-state index in [0.717, 1.165) is 42.8 Å². The molecule has 9 nitrogen and oxygen atoms in total. The number of nitrogens with zero attached hydrogens (tertiary/aromatic N) is 6. The van der Waals surface area contributed by atoms with Crippen molar-refractivity contribution in [3.8, 4) is 17.1 Å². The summed E-state index contributed by atoms with van der Waals surface area (Å²) in [6.45, 7) is 2.00. The number of aryl methyl sites for hydroxylation is 1. The second-order valence-corrected chi connectivity index (χ2v) is 9.01. The molecule has 0 unspecified atom stereocenters. The van der Waals surface area contributed by atoms with Crippen LogP contribution in [0, 0.1) is 6.92 Å². The van der Waals surface area contributed by atoms with Crippen molar-refractivity contribution in [1.82, 2.24) is 30.1 Å². The average molecular weight is 451 g/mol. The number of rotatable bonds is 3. The molecule has 0 aliphatic carbocycles. The second-order valence-electron chi connectivity index (χ2n) is 8.63. The normalized spacial score (nSPS) is 22.8. The van der Waals surface area contributed by atoms with Crippen molar-refractivity contribution < 1.29 is 4.74 Å². The van der Waals surface area contributed by atoms with Gasteiger partial charge in [0.25, 0.3) is 0 Å². The van der Waals surface area contributed by atoms with Crippen LogP contribution in [-0.2, 0) is 0 Å². The molecule has 164 valence electrons. The van der Waals surface area contributed by atoms with Crippen molar-refractivity contribution in [2.45, 2.75) is 50.7 Å². The molecule has 4 aromatic rings. The van der Waals surface area contributed by atoms with Crippen molar-refractivity contribution in [3.05, 3.63) is 29.0 Å². The molecule has 32 heavy (non-hydrogen) atoms. The summed E-state index contributed by atoms with van der Waals surface area (Å²) < 4.78 is 5.20. The van der Waals surface area contributed by atoms with Crippen molar-refractivity contribution in [2.75, 3.05) is 12.0 Å². The van der Waals surface area contributed by atoms with Gasteiger partial charge in [0.1, 0.15) is 16.7 Å². The number of ether oxygens (including phenoxy) is 1. The van der Waals surface area contributed by atoms with Crippen LogP contribution in [0.15, 0.2) is 18.3 Å². The first-order valence-electron chi connectivity index (χ1n) is 10.8. The first-order valence-corrected chi connectivity index (χ1v) is 11.2. The SMILES string of the molecule is COc1cnc2ccc(-c3n[nH]c4nc(N5[C@@H]6CC[C@H]5C[C@@H](N)C6)c(C)nc34)c(Cl)c2n1. The predicted molar refractivity (Wildman–Crippen MR) is 123 cm³/mol. The lowest BCUT2D eigenvalue weighted by molar-refractivity contribution is 0.397. The molecule has 2 fully saturated rings. The molecule has 2 bridgehead atoms. The fourth-order valence-electron chi connectivity index (χ4n) is 5.22. The molecule has 6 rings (SSSR count). The van der Waals surface area contributed by atoms with Crippen LogP contribution in [0.2, 0.25) is 5.02 Å². The number of H-pyrrole nitrogens is 1. The number of aromatic nitrogens is 6. The van der Waals surface area contributed by atoms with E-state index in [1.165, 1.54) is 0 Å². The fraction of sp³-hybridized carbons (Fsp3) is 0.409. The second kappa shape index (κ2) is 7.25. The predicted octanol–water partition coefficient (Wildman–Crippen LogP) is 3.39. The zero-order valence-electron chi connectivity index (χ0n) is 17.8. The molecule has 0 saturated carbocycles. The van der Waals surface area contributed by atoms with Gasteiger partial charge in [-0.1, -0.05) is 11.6 Å². The van der Waals surface area contributed by atoms with E-state index in [-0.39, 0.29) is 6.04 Å². The Balaban J connectivity index is 1.46. The Morgan fingerprint density at radius 2 is 1.91 bits per heavy atom. The number of halogens is 1. The van der Waals surface area contributed by atoms with Gasteiger partial charge in [-0.3, -0.25) is 5.10 Å². The van der Waals surface area contributed by atoms with E-state index >= 15 is 0 Å². The van der Waals surface area contributed by atoms with Crippen LogP contribution in [0.3, 0.4) is 0 Å². The number of piperidine rings is 1. The topological polar surface area (TPSA) is 119 Å². The minimum absolute atomic E-state index is 0.274. The molecule has 2 aliphatic rings. The molecule has 0 spiro atoms. The number of anilines is 1. The minimum atomic E-state index is 0.274. The smallest absolute Gasteiger partial charge is 0.232 e. The van der Waals surface area contributed by atoms with E-state index < -0.39 is 0 Å². The summed E-state index contributed by atoms with van der Waals surface area (Å²) in [6, 6.07) is 4.89. The highest BCUT2D eigenvalue weighted by Gasteiger charge is 2.41. The summed E-state index contributed by atoms with van der Waals surface area (Å²) >= 11 is 6.74. The third-order valence-electron chi connectivity index (χ3n) is 6.65. The van der Waals surface area contributed by atoms with Crippen LogP contribution in [-0.4, -0.2) is 55.4 Å². The maximum atomic E-state index is 6.74. The summed E-state index contributed by atoms with van der Waals surface area (Å²) in [6.07, 6.45) is 5.88. The fourth-order valence-corrected chi connectivity index (χ4v) is 5.51. The molecule has 2 saturated heterocycles. The van der Waals surface area contributed by atoms with Gasteiger partial charge in [0, 0.05) is 23.7 Å². The number of hydrogen-bond acceptors (Lipinski definition) is 8. The van der Waals surface area contributed by atoms with Gasteiger partial charge in [0.05, 0.1) is 29.5 Å². The minimum Gasteiger partial charge on any atom is -0.480 e. The van der Waals surface area contributed by atoms with Gasteiger partial charge in [-0.2, -0.15) is 5.10 Å². The van der Waals surface area contributed by atoms with Crippen LogP contribution < -0.4 is 15.4 Å². The summed E-state index contributed by atoms with van der Waals surface area (Å²) in [5.41, 5.74) is 11.1. The first-order chi connectivity index (χ1) is 15.5. The third-order valence-corrected chi connectivity index (χ3v) is 7.03. The maximum Gasteiger partial charge on any atom is 0.232 e. The molecule has 5 heterocycles. The highest BCUT2D eigenvalue weighted by Crippen LogP contribution is 2.40. The van der Waals surface area contributed by atoms with Crippen LogP contribution >= 0.6 is 11.6 Å². The van der Waals surface area contributed by atoms with E-state index in [0.29, 0.717) is 50.9 Å². The van der Waals surface area contributed by atoms with Crippen LogP contribution in [0.5, 0.6) is 5.88 Å². The Labute approximate surface area is 189 Å². The Kier molecular flexibility index (Phi) is 4.44. The molecule has 3 atom stereocenters. The standard InChI is InChI=1S/C22H23ClN8O/c1-10-22(31-12-3-4-13(31)8-11(24)7-12)28-21-20(26-10)18(29-30-21)14-5-6-15-19(17(14)23)27-16(32-2)9-25-15/h5-6,9,11-13H,3-4,7-8,24H2,1-2H3,(H,28,29,30)/t11-,12+,13-. The number of benzene rings is 1. The van der Waals surface area contributed by atoms with E-state index in [2.05, 4.69) is 25.1 Å². The number of fused-ring (bicyclic) bond motifs is 4. The van der Waals surface area contributed by atoms with E-state index in [1.807, 2.05) is 19.1 Å².